The molecule has 146 valence electrons. The van der Waals surface area contributed by atoms with Crippen molar-refractivity contribution in [1.29, 1.82) is 0 Å². The van der Waals surface area contributed by atoms with Gasteiger partial charge in [-0.2, -0.15) is 0 Å². The van der Waals surface area contributed by atoms with Gasteiger partial charge in [0.05, 0.1) is 18.2 Å². The van der Waals surface area contributed by atoms with E-state index >= 15 is 0 Å². The Balaban J connectivity index is 2.00. The van der Waals surface area contributed by atoms with Gasteiger partial charge in [-0.3, -0.25) is 4.79 Å². The molecule has 0 saturated heterocycles. The third-order valence-corrected chi connectivity index (χ3v) is 4.16. The SMILES string of the molecule is CCOc1ccc(CNC(=O)[C@H](CC)Oc2ccccc2Cl)cc1OCC. The molecule has 2 aromatic carbocycles. The molecule has 2 rings (SSSR count). The van der Waals surface area contributed by atoms with Crippen LogP contribution in [0.1, 0.15) is 32.8 Å². The summed E-state index contributed by atoms with van der Waals surface area (Å²) in [6, 6.07) is 12.8. The highest BCUT2D eigenvalue weighted by Crippen LogP contribution is 2.28. The Labute approximate surface area is 165 Å². The minimum absolute atomic E-state index is 0.190. The molecule has 1 N–H and O–H groups in total. The predicted molar refractivity (Wildman–Crippen MR) is 107 cm³/mol. The Bertz CT molecular complexity index is 751. The molecular weight excluding hydrogens is 366 g/mol. The first-order chi connectivity index (χ1) is 13.1. The molecule has 2 aromatic rings. The van der Waals surface area contributed by atoms with Gasteiger partial charge in [0.1, 0.15) is 5.75 Å². The fourth-order valence-corrected chi connectivity index (χ4v) is 2.70. The van der Waals surface area contributed by atoms with Crippen LogP contribution in [0, 0.1) is 0 Å². The van der Waals surface area contributed by atoms with Gasteiger partial charge in [0.2, 0.25) is 0 Å². The van der Waals surface area contributed by atoms with Crippen LogP contribution in [-0.2, 0) is 11.3 Å². The van der Waals surface area contributed by atoms with E-state index in [2.05, 4.69) is 5.32 Å². The van der Waals surface area contributed by atoms with Crippen LogP contribution in [0.4, 0.5) is 0 Å². The maximum Gasteiger partial charge on any atom is 0.261 e. The van der Waals surface area contributed by atoms with Gasteiger partial charge >= 0.3 is 0 Å². The van der Waals surface area contributed by atoms with Crippen LogP contribution in [0.15, 0.2) is 42.5 Å². The van der Waals surface area contributed by atoms with E-state index in [0.717, 1.165) is 5.56 Å². The van der Waals surface area contributed by atoms with Crippen LogP contribution in [-0.4, -0.2) is 25.2 Å². The van der Waals surface area contributed by atoms with Gasteiger partial charge in [-0.15, -0.1) is 0 Å². The van der Waals surface area contributed by atoms with Gasteiger partial charge < -0.3 is 19.5 Å². The first kappa shape index (κ1) is 20.9. The average Bonchev–Trinajstić information content (AvgIpc) is 2.67. The van der Waals surface area contributed by atoms with Crippen LogP contribution >= 0.6 is 11.6 Å². The van der Waals surface area contributed by atoms with E-state index in [4.69, 9.17) is 25.8 Å². The molecule has 5 nitrogen and oxygen atoms in total. The maximum atomic E-state index is 12.5. The zero-order valence-electron chi connectivity index (χ0n) is 16.0. The van der Waals surface area contributed by atoms with E-state index in [1.54, 1.807) is 12.1 Å². The molecule has 0 unspecified atom stereocenters. The molecule has 0 saturated carbocycles. The van der Waals surface area contributed by atoms with E-state index in [-0.39, 0.29) is 5.91 Å². The molecule has 0 aliphatic heterocycles. The van der Waals surface area contributed by atoms with Crippen molar-refractivity contribution in [2.75, 3.05) is 13.2 Å². The minimum Gasteiger partial charge on any atom is -0.490 e. The average molecular weight is 392 g/mol. The maximum absolute atomic E-state index is 12.5. The van der Waals surface area contributed by atoms with Crippen LogP contribution in [0.25, 0.3) is 0 Å². The summed E-state index contributed by atoms with van der Waals surface area (Å²) in [5.74, 6) is 1.68. The molecule has 0 spiro atoms. The van der Waals surface area contributed by atoms with Crippen molar-refractivity contribution in [2.24, 2.45) is 0 Å². The highest BCUT2D eigenvalue weighted by Gasteiger charge is 2.19. The fourth-order valence-electron chi connectivity index (χ4n) is 2.52. The monoisotopic (exact) mass is 391 g/mol. The van der Waals surface area contributed by atoms with Crippen LogP contribution < -0.4 is 19.5 Å². The number of nitrogens with one attached hydrogen (secondary N) is 1. The molecular formula is C21H26ClNO4. The summed E-state index contributed by atoms with van der Waals surface area (Å²) in [7, 11) is 0. The number of ether oxygens (including phenoxy) is 3. The standard InChI is InChI=1S/C21H26ClNO4/c1-4-17(27-18-10-8-7-9-16(18)22)21(24)23-14-15-11-12-19(25-5-2)20(13-15)26-6-3/h7-13,17H,4-6,14H2,1-3H3,(H,23,24)/t17-/m0/s1. The number of para-hydroxylation sites is 1. The second kappa shape index (κ2) is 10.7. The van der Waals surface area contributed by atoms with E-state index in [1.807, 2.05) is 51.1 Å². The topological polar surface area (TPSA) is 56.8 Å². The summed E-state index contributed by atoms with van der Waals surface area (Å²) in [4.78, 5) is 12.5. The second-order valence-corrected chi connectivity index (χ2v) is 6.22. The number of amides is 1. The van der Waals surface area contributed by atoms with Gasteiger partial charge in [-0.25, -0.2) is 0 Å². The number of halogens is 1. The van der Waals surface area contributed by atoms with Gasteiger partial charge in [0.15, 0.2) is 17.6 Å². The van der Waals surface area contributed by atoms with Crippen LogP contribution in [0.2, 0.25) is 5.02 Å². The number of hydrogen-bond donors (Lipinski definition) is 1. The van der Waals surface area contributed by atoms with Crippen molar-refractivity contribution >= 4 is 17.5 Å². The molecule has 0 aliphatic rings. The lowest BCUT2D eigenvalue weighted by molar-refractivity contribution is -0.128. The van der Waals surface area contributed by atoms with Gasteiger partial charge in [0.25, 0.3) is 5.91 Å². The molecule has 27 heavy (non-hydrogen) atoms. The number of rotatable bonds is 10. The first-order valence-corrected chi connectivity index (χ1v) is 9.54. The summed E-state index contributed by atoms with van der Waals surface area (Å²) in [6.45, 7) is 7.21. The summed E-state index contributed by atoms with van der Waals surface area (Å²) >= 11 is 6.11. The predicted octanol–water partition coefficient (Wildman–Crippen LogP) is 4.61. The molecule has 0 heterocycles. The van der Waals surface area contributed by atoms with E-state index in [9.17, 15) is 4.79 Å². The molecule has 1 atom stereocenters. The lowest BCUT2D eigenvalue weighted by Gasteiger charge is -2.18. The van der Waals surface area contributed by atoms with Gasteiger partial charge in [0, 0.05) is 6.54 Å². The molecule has 0 aromatic heterocycles. The highest BCUT2D eigenvalue weighted by atomic mass is 35.5. The Morgan fingerprint density at radius 1 is 1.00 bits per heavy atom. The molecule has 0 radical (unpaired) electrons. The van der Waals surface area contributed by atoms with Crippen molar-refractivity contribution in [3.63, 3.8) is 0 Å². The van der Waals surface area contributed by atoms with Crippen LogP contribution in [0.3, 0.4) is 0 Å². The van der Waals surface area contributed by atoms with E-state index in [1.165, 1.54) is 0 Å². The van der Waals surface area contributed by atoms with Crippen LogP contribution in [0.5, 0.6) is 17.2 Å². The Kier molecular flexibility index (Phi) is 8.27. The van der Waals surface area contributed by atoms with Crippen molar-refractivity contribution in [3.05, 3.63) is 53.1 Å². The molecule has 0 bridgehead atoms. The summed E-state index contributed by atoms with van der Waals surface area (Å²) in [5, 5.41) is 3.39. The van der Waals surface area contributed by atoms with Crippen molar-refractivity contribution in [2.45, 2.75) is 39.8 Å². The highest BCUT2D eigenvalue weighted by molar-refractivity contribution is 6.32. The number of carbonyl (C=O) groups is 1. The first-order valence-electron chi connectivity index (χ1n) is 9.16. The third-order valence-electron chi connectivity index (χ3n) is 3.84. The second-order valence-electron chi connectivity index (χ2n) is 5.81. The molecule has 1 amide bonds. The zero-order chi connectivity index (χ0) is 19.6. The van der Waals surface area contributed by atoms with E-state index < -0.39 is 6.10 Å². The number of carbonyl (C=O) groups excluding carboxylic acids is 1. The third kappa shape index (κ3) is 6.07. The smallest absolute Gasteiger partial charge is 0.261 e. The number of benzene rings is 2. The molecule has 0 fully saturated rings. The largest absolute Gasteiger partial charge is 0.490 e. The Hall–Kier alpha value is -2.40. The van der Waals surface area contributed by atoms with Gasteiger partial charge in [-0.05, 0) is 50.1 Å². The number of hydrogen-bond acceptors (Lipinski definition) is 4. The zero-order valence-corrected chi connectivity index (χ0v) is 16.7. The normalized spacial score (nSPS) is 11.6. The molecule has 0 aliphatic carbocycles. The quantitative estimate of drug-likeness (QED) is 0.642. The van der Waals surface area contributed by atoms with Crippen molar-refractivity contribution in [1.82, 2.24) is 5.32 Å². The minimum atomic E-state index is -0.612. The van der Waals surface area contributed by atoms with Crippen molar-refractivity contribution in [3.8, 4) is 17.2 Å². The van der Waals surface area contributed by atoms with Gasteiger partial charge in [-0.1, -0.05) is 36.7 Å². The van der Waals surface area contributed by atoms with E-state index in [0.29, 0.717) is 48.5 Å². The summed E-state index contributed by atoms with van der Waals surface area (Å²) in [6.07, 6.45) is -0.0798. The Morgan fingerprint density at radius 2 is 1.70 bits per heavy atom. The lowest BCUT2D eigenvalue weighted by atomic mass is 10.2. The summed E-state index contributed by atoms with van der Waals surface area (Å²) in [5.41, 5.74) is 0.919. The summed E-state index contributed by atoms with van der Waals surface area (Å²) < 4.78 is 16.9. The fraction of sp³-hybridized carbons (Fsp3) is 0.381. The van der Waals surface area contributed by atoms with Crippen molar-refractivity contribution < 1.29 is 19.0 Å². The molecule has 6 heteroatoms. The Morgan fingerprint density at radius 3 is 2.37 bits per heavy atom. The lowest BCUT2D eigenvalue weighted by Crippen LogP contribution is -2.37.